The second-order valence-corrected chi connectivity index (χ2v) is 7.04. The minimum atomic E-state index is -0.00661. The topological polar surface area (TPSA) is 56.2 Å². The SMILES string of the molecule is Cc1c(Cl)cccc1-n1ccnc1SCC(=O)NC[C@@H]1CCCO1. The van der Waals surface area contributed by atoms with Crippen LogP contribution in [0, 0.1) is 6.92 Å². The van der Waals surface area contributed by atoms with E-state index < -0.39 is 0 Å². The van der Waals surface area contributed by atoms with Crippen LogP contribution in [0.5, 0.6) is 0 Å². The summed E-state index contributed by atoms with van der Waals surface area (Å²) in [5.41, 5.74) is 1.96. The molecule has 1 aliphatic rings. The highest BCUT2D eigenvalue weighted by Crippen LogP contribution is 2.26. The van der Waals surface area contributed by atoms with Crippen LogP contribution in [0.15, 0.2) is 35.7 Å². The van der Waals surface area contributed by atoms with Crippen molar-refractivity contribution in [2.75, 3.05) is 18.9 Å². The molecule has 7 heteroatoms. The van der Waals surface area contributed by atoms with Crippen molar-refractivity contribution in [2.24, 2.45) is 0 Å². The number of ether oxygens (including phenoxy) is 1. The van der Waals surface area contributed by atoms with Crippen molar-refractivity contribution < 1.29 is 9.53 Å². The highest BCUT2D eigenvalue weighted by atomic mass is 35.5. The summed E-state index contributed by atoms with van der Waals surface area (Å²) in [6, 6.07) is 5.76. The van der Waals surface area contributed by atoms with E-state index in [4.69, 9.17) is 16.3 Å². The fourth-order valence-electron chi connectivity index (χ4n) is 2.65. The van der Waals surface area contributed by atoms with Crippen LogP contribution in [-0.4, -0.2) is 40.5 Å². The predicted octanol–water partition coefficient (Wildman–Crippen LogP) is 3.22. The average Bonchev–Trinajstić information content (AvgIpc) is 3.25. The van der Waals surface area contributed by atoms with E-state index in [1.54, 1.807) is 6.20 Å². The van der Waals surface area contributed by atoms with Gasteiger partial charge in [0.2, 0.25) is 5.91 Å². The van der Waals surface area contributed by atoms with Gasteiger partial charge >= 0.3 is 0 Å². The Hall–Kier alpha value is -1.50. The van der Waals surface area contributed by atoms with E-state index in [1.165, 1.54) is 11.8 Å². The van der Waals surface area contributed by atoms with Crippen LogP contribution in [0.2, 0.25) is 5.02 Å². The lowest BCUT2D eigenvalue weighted by Crippen LogP contribution is -2.32. The third-order valence-electron chi connectivity index (χ3n) is 3.99. The summed E-state index contributed by atoms with van der Waals surface area (Å²) in [7, 11) is 0. The van der Waals surface area contributed by atoms with Gasteiger partial charge in [0.15, 0.2) is 5.16 Å². The minimum Gasteiger partial charge on any atom is -0.376 e. The Morgan fingerprint density at radius 1 is 1.54 bits per heavy atom. The molecule has 0 spiro atoms. The fourth-order valence-corrected chi connectivity index (χ4v) is 3.62. The number of rotatable bonds is 6. The Morgan fingerprint density at radius 2 is 2.42 bits per heavy atom. The van der Waals surface area contributed by atoms with Crippen molar-refractivity contribution in [1.29, 1.82) is 0 Å². The molecular weight excluding hydrogens is 346 g/mol. The molecule has 3 rings (SSSR count). The van der Waals surface area contributed by atoms with Gasteiger partial charge < -0.3 is 10.1 Å². The number of imidazole rings is 1. The molecule has 2 aromatic rings. The van der Waals surface area contributed by atoms with E-state index in [0.717, 1.165) is 35.9 Å². The number of aromatic nitrogens is 2. The molecule has 1 aliphatic heterocycles. The second-order valence-electron chi connectivity index (χ2n) is 5.69. The maximum Gasteiger partial charge on any atom is 0.230 e. The number of nitrogens with zero attached hydrogens (tertiary/aromatic N) is 2. The van der Waals surface area contributed by atoms with E-state index in [2.05, 4.69) is 10.3 Å². The number of hydrogen-bond acceptors (Lipinski definition) is 4. The zero-order valence-corrected chi connectivity index (χ0v) is 15.1. The van der Waals surface area contributed by atoms with Crippen LogP contribution in [0.4, 0.5) is 0 Å². The van der Waals surface area contributed by atoms with E-state index in [-0.39, 0.29) is 12.0 Å². The Kier molecular flexibility index (Phi) is 5.81. The molecule has 128 valence electrons. The number of benzene rings is 1. The first kappa shape index (κ1) is 17.3. The van der Waals surface area contributed by atoms with Crippen molar-refractivity contribution in [3.8, 4) is 5.69 Å². The van der Waals surface area contributed by atoms with Gasteiger partial charge in [-0.1, -0.05) is 29.4 Å². The number of carbonyl (C=O) groups is 1. The third-order valence-corrected chi connectivity index (χ3v) is 5.36. The molecule has 0 saturated carbocycles. The standard InChI is InChI=1S/C17H20ClN3O2S/c1-12-14(18)5-2-6-15(12)21-8-7-19-17(21)24-11-16(22)20-10-13-4-3-9-23-13/h2,5-8,13H,3-4,9-11H2,1H3,(H,20,22)/t13-/m0/s1. The molecule has 1 atom stereocenters. The van der Waals surface area contributed by atoms with E-state index in [9.17, 15) is 4.79 Å². The molecule has 24 heavy (non-hydrogen) atoms. The normalized spacial score (nSPS) is 17.2. The lowest BCUT2D eigenvalue weighted by molar-refractivity contribution is -0.119. The summed E-state index contributed by atoms with van der Waals surface area (Å²) in [5, 5.41) is 4.41. The summed E-state index contributed by atoms with van der Waals surface area (Å²) >= 11 is 7.61. The lowest BCUT2D eigenvalue weighted by Gasteiger charge is -2.12. The number of thioether (sulfide) groups is 1. The summed E-state index contributed by atoms with van der Waals surface area (Å²) in [4.78, 5) is 16.4. The maximum absolute atomic E-state index is 12.0. The summed E-state index contributed by atoms with van der Waals surface area (Å²) in [5.74, 6) is 0.316. The van der Waals surface area contributed by atoms with Crippen LogP contribution >= 0.6 is 23.4 Å². The highest BCUT2D eigenvalue weighted by molar-refractivity contribution is 7.99. The van der Waals surface area contributed by atoms with Crippen LogP contribution < -0.4 is 5.32 Å². The van der Waals surface area contributed by atoms with Crippen molar-refractivity contribution in [3.63, 3.8) is 0 Å². The summed E-state index contributed by atoms with van der Waals surface area (Å²) in [6.07, 6.45) is 5.87. The van der Waals surface area contributed by atoms with Crippen LogP contribution in [-0.2, 0) is 9.53 Å². The number of halogens is 1. The third kappa shape index (κ3) is 4.12. The molecule has 1 aromatic carbocycles. The van der Waals surface area contributed by atoms with E-state index >= 15 is 0 Å². The monoisotopic (exact) mass is 365 g/mol. The van der Waals surface area contributed by atoms with Crippen molar-refractivity contribution in [3.05, 3.63) is 41.2 Å². The summed E-state index contributed by atoms with van der Waals surface area (Å²) < 4.78 is 7.46. The molecule has 0 bridgehead atoms. The fraction of sp³-hybridized carbons (Fsp3) is 0.412. The van der Waals surface area contributed by atoms with Crippen LogP contribution in [0.25, 0.3) is 5.69 Å². The molecule has 0 radical (unpaired) electrons. The Bertz CT molecular complexity index is 714. The number of amides is 1. The molecule has 1 N–H and O–H groups in total. The van der Waals surface area contributed by atoms with Crippen molar-refractivity contribution in [1.82, 2.24) is 14.9 Å². The van der Waals surface area contributed by atoms with Gasteiger partial charge in [0.05, 0.1) is 17.5 Å². The Labute approximate surface area is 150 Å². The zero-order chi connectivity index (χ0) is 16.9. The molecule has 1 saturated heterocycles. The number of hydrogen-bond donors (Lipinski definition) is 1. The quantitative estimate of drug-likeness (QED) is 0.798. The molecule has 0 aliphatic carbocycles. The molecule has 0 unspecified atom stereocenters. The molecule has 2 heterocycles. The van der Waals surface area contributed by atoms with E-state index in [0.29, 0.717) is 17.3 Å². The summed E-state index contributed by atoms with van der Waals surface area (Å²) in [6.45, 7) is 3.35. The predicted molar refractivity (Wildman–Crippen MR) is 96.0 cm³/mol. The van der Waals surface area contributed by atoms with Gasteiger partial charge in [0.1, 0.15) is 0 Å². The lowest BCUT2D eigenvalue weighted by atomic mass is 10.2. The first-order valence-corrected chi connectivity index (χ1v) is 9.31. The highest BCUT2D eigenvalue weighted by Gasteiger charge is 2.17. The van der Waals surface area contributed by atoms with Gasteiger partial charge in [-0.15, -0.1) is 0 Å². The second kappa shape index (κ2) is 8.05. The van der Waals surface area contributed by atoms with Gasteiger partial charge in [-0.05, 0) is 37.5 Å². The van der Waals surface area contributed by atoms with E-state index in [1.807, 2.05) is 35.9 Å². The molecule has 1 aromatic heterocycles. The van der Waals surface area contributed by atoms with Crippen molar-refractivity contribution >= 4 is 29.3 Å². The molecule has 1 fully saturated rings. The van der Waals surface area contributed by atoms with Gasteiger partial charge in [-0.25, -0.2) is 4.98 Å². The van der Waals surface area contributed by atoms with Gasteiger partial charge in [0, 0.05) is 30.6 Å². The molecular formula is C17H20ClN3O2S. The number of carbonyl (C=O) groups excluding carboxylic acids is 1. The van der Waals surface area contributed by atoms with Crippen molar-refractivity contribution in [2.45, 2.75) is 31.0 Å². The number of nitrogens with one attached hydrogen (secondary N) is 1. The molecule has 5 nitrogen and oxygen atoms in total. The average molecular weight is 366 g/mol. The van der Waals surface area contributed by atoms with Gasteiger partial charge in [0.25, 0.3) is 0 Å². The smallest absolute Gasteiger partial charge is 0.230 e. The van der Waals surface area contributed by atoms with Gasteiger partial charge in [-0.3, -0.25) is 9.36 Å². The first-order valence-electron chi connectivity index (χ1n) is 7.95. The van der Waals surface area contributed by atoms with Crippen LogP contribution in [0.1, 0.15) is 18.4 Å². The largest absolute Gasteiger partial charge is 0.376 e. The molecule has 1 amide bonds. The minimum absolute atomic E-state index is 0.00661. The zero-order valence-electron chi connectivity index (χ0n) is 13.5. The van der Waals surface area contributed by atoms with Gasteiger partial charge in [-0.2, -0.15) is 0 Å². The van der Waals surface area contributed by atoms with Crippen LogP contribution in [0.3, 0.4) is 0 Å². The Balaban J connectivity index is 1.59. The Morgan fingerprint density at radius 3 is 3.21 bits per heavy atom. The first-order chi connectivity index (χ1) is 11.6. The maximum atomic E-state index is 12.0.